The van der Waals surface area contributed by atoms with Crippen LogP contribution in [0.4, 0.5) is 0 Å². The van der Waals surface area contributed by atoms with E-state index in [0.29, 0.717) is 6.04 Å². The molecule has 1 amide bonds. The van der Waals surface area contributed by atoms with Gasteiger partial charge in [0, 0.05) is 24.7 Å². The van der Waals surface area contributed by atoms with Gasteiger partial charge in [0.1, 0.15) is 0 Å². The van der Waals surface area contributed by atoms with Crippen molar-refractivity contribution in [3.8, 4) is 0 Å². The molecule has 0 aromatic rings. The lowest BCUT2D eigenvalue weighted by atomic mass is 9.98. The predicted molar refractivity (Wildman–Crippen MR) is 84.9 cm³/mol. The molecule has 1 aliphatic rings. The minimum absolute atomic E-state index is 0.0198. The first-order valence-electron chi connectivity index (χ1n) is 8.13. The first kappa shape index (κ1) is 17.4. The summed E-state index contributed by atoms with van der Waals surface area (Å²) < 4.78 is 0. The minimum Gasteiger partial charge on any atom is -0.355 e. The zero-order valence-electron chi connectivity index (χ0n) is 14.0. The molecule has 118 valence electrons. The Hall–Kier alpha value is -0.610. The third-order valence-electron chi connectivity index (χ3n) is 3.97. The van der Waals surface area contributed by atoms with Crippen LogP contribution in [0.3, 0.4) is 0 Å². The molecule has 2 N–H and O–H groups in total. The maximum Gasteiger partial charge on any atom is 0.237 e. The van der Waals surface area contributed by atoms with Crippen LogP contribution in [0.1, 0.15) is 60.3 Å². The first-order chi connectivity index (χ1) is 9.35. The fourth-order valence-electron chi connectivity index (χ4n) is 2.72. The van der Waals surface area contributed by atoms with Crippen molar-refractivity contribution in [3.05, 3.63) is 0 Å². The third-order valence-corrected chi connectivity index (χ3v) is 3.97. The number of nitrogens with one attached hydrogen (secondary N) is 2. The highest BCUT2D eigenvalue weighted by Gasteiger charge is 2.30. The number of carbonyl (C=O) groups excluding carboxylic acids is 1. The molecule has 0 bridgehead atoms. The lowest BCUT2D eigenvalue weighted by Gasteiger charge is -2.40. The Balaban J connectivity index is 2.56. The van der Waals surface area contributed by atoms with E-state index < -0.39 is 0 Å². The smallest absolute Gasteiger partial charge is 0.237 e. The van der Waals surface area contributed by atoms with Crippen LogP contribution in [0.25, 0.3) is 0 Å². The van der Waals surface area contributed by atoms with Crippen LogP contribution in [0.2, 0.25) is 0 Å². The number of hydrogen-bond acceptors (Lipinski definition) is 3. The fraction of sp³-hybridized carbons (Fsp3) is 0.938. The number of hydrogen-bond donors (Lipinski definition) is 2. The molecule has 1 saturated heterocycles. The summed E-state index contributed by atoms with van der Waals surface area (Å²) in [6.07, 6.45) is 4.66. The van der Waals surface area contributed by atoms with Crippen molar-refractivity contribution in [1.82, 2.24) is 15.5 Å². The molecule has 0 aliphatic carbocycles. The quantitative estimate of drug-likeness (QED) is 0.785. The standard InChI is InChI=1S/C16H33N3O/c1-6-10-17-15(20)13(2)19-11-8-7-9-14(19)12-18-16(3,4)5/h13-14,18H,6-12H2,1-5H3,(H,17,20). The van der Waals surface area contributed by atoms with Gasteiger partial charge < -0.3 is 10.6 Å². The largest absolute Gasteiger partial charge is 0.355 e. The van der Waals surface area contributed by atoms with Crippen LogP contribution in [-0.2, 0) is 4.79 Å². The van der Waals surface area contributed by atoms with E-state index in [1.54, 1.807) is 0 Å². The van der Waals surface area contributed by atoms with Crippen molar-refractivity contribution in [2.45, 2.75) is 77.9 Å². The first-order valence-corrected chi connectivity index (χ1v) is 8.13. The number of nitrogens with zero attached hydrogens (tertiary/aromatic N) is 1. The molecule has 1 rings (SSSR count). The number of amides is 1. The Bertz CT molecular complexity index is 299. The lowest BCUT2D eigenvalue weighted by molar-refractivity contribution is -0.127. The Morgan fingerprint density at radius 1 is 1.35 bits per heavy atom. The molecular weight excluding hydrogens is 250 g/mol. The van der Waals surface area contributed by atoms with Gasteiger partial charge in [0.25, 0.3) is 0 Å². The highest BCUT2D eigenvalue weighted by Crippen LogP contribution is 2.20. The molecule has 0 aromatic heterocycles. The molecule has 2 unspecified atom stereocenters. The second-order valence-corrected chi connectivity index (χ2v) is 6.99. The van der Waals surface area contributed by atoms with Crippen LogP contribution in [-0.4, -0.2) is 48.1 Å². The van der Waals surface area contributed by atoms with Gasteiger partial charge >= 0.3 is 0 Å². The summed E-state index contributed by atoms with van der Waals surface area (Å²) in [5.74, 6) is 0.175. The minimum atomic E-state index is -0.0198. The number of carbonyl (C=O) groups is 1. The average Bonchev–Trinajstić information content (AvgIpc) is 2.41. The van der Waals surface area contributed by atoms with Crippen molar-refractivity contribution in [2.24, 2.45) is 0 Å². The van der Waals surface area contributed by atoms with Crippen LogP contribution in [0, 0.1) is 0 Å². The Morgan fingerprint density at radius 3 is 2.65 bits per heavy atom. The average molecular weight is 283 g/mol. The highest BCUT2D eigenvalue weighted by atomic mass is 16.2. The van der Waals surface area contributed by atoms with Gasteiger partial charge in [-0.05, 0) is 53.5 Å². The third kappa shape index (κ3) is 5.80. The number of rotatable bonds is 6. The van der Waals surface area contributed by atoms with Crippen molar-refractivity contribution < 1.29 is 4.79 Å². The maximum absolute atomic E-state index is 12.2. The maximum atomic E-state index is 12.2. The number of piperidine rings is 1. The summed E-state index contributed by atoms with van der Waals surface area (Å²) in [5, 5.41) is 6.61. The summed E-state index contributed by atoms with van der Waals surface area (Å²) in [6.45, 7) is 13.5. The van der Waals surface area contributed by atoms with E-state index in [1.165, 1.54) is 19.3 Å². The number of likely N-dealkylation sites (tertiary alicyclic amines) is 1. The fourth-order valence-corrected chi connectivity index (χ4v) is 2.72. The van der Waals surface area contributed by atoms with Crippen molar-refractivity contribution >= 4 is 5.91 Å². The second kappa shape index (κ2) is 7.99. The van der Waals surface area contributed by atoms with E-state index in [1.807, 2.05) is 6.92 Å². The Morgan fingerprint density at radius 2 is 2.05 bits per heavy atom. The van der Waals surface area contributed by atoms with Gasteiger partial charge in [-0.2, -0.15) is 0 Å². The van der Waals surface area contributed by atoms with Crippen LogP contribution < -0.4 is 10.6 Å². The van der Waals surface area contributed by atoms with Crippen molar-refractivity contribution in [1.29, 1.82) is 0 Å². The normalized spacial score (nSPS) is 22.6. The molecule has 0 aromatic carbocycles. The van der Waals surface area contributed by atoms with Gasteiger partial charge in [0.15, 0.2) is 0 Å². The van der Waals surface area contributed by atoms with Gasteiger partial charge in [-0.25, -0.2) is 0 Å². The van der Waals surface area contributed by atoms with E-state index in [4.69, 9.17) is 0 Å². The topological polar surface area (TPSA) is 44.4 Å². The summed E-state index contributed by atoms with van der Waals surface area (Å²) in [7, 11) is 0. The molecule has 4 heteroatoms. The van der Waals surface area contributed by atoms with E-state index in [2.05, 4.69) is 43.2 Å². The van der Waals surface area contributed by atoms with Gasteiger partial charge in [0.2, 0.25) is 5.91 Å². The SMILES string of the molecule is CCCNC(=O)C(C)N1CCCCC1CNC(C)(C)C. The molecule has 0 radical (unpaired) electrons. The van der Waals surface area contributed by atoms with E-state index in [9.17, 15) is 4.79 Å². The molecule has 1 fully saturated rings. The predicted octanol–water partition coefficient (Wildman–Crippen LogP) is 2.14. The molecule has 2 atom stereocenters. The van der Waals surface area contributed by atoms with E-state index >= 15 is 0 Å². The summed E-state index contributed by atoms with van der Waals surface area (Å²) in [4.78, 5) is 14.6. The summed E-state index contributed by atoms with van der Waals surface area (Å²) >= 11 is 0. The van der Waals surface area contributed by atoms with Crippen molar-refractivity contribution in [3.63, 3.8) is 0 Å². The highest BCUT2D eigenvalue weighted by molar-refractivity contribution is 5.81. The zero-order valence-corrected chi connectivity index (χ0v) is 14.0. The van der Waals surface area contributed by atoms with Gasteiger partial charge in [-0.3, -0.25) is 9.69 Å². The van der Waals surface area contributed by atoms with Crippen LogP contribution in [0.5, 0.6) is 0 Å². The lowest BCUT2D eigenvalue weighted by Crippen LogP contribution is -2.56. The van der Waals surface area contributed by atoms with Crippen LogP contribution in [0.15, 0.2) is 0 Å². The Labute approximate surface area is 124 Å². The molecular formula is C16H33N3O. The van der Waals surface area contributed by atoms with E-state index in [-0.39, 0.29) is 17.5 Å². The molecule has 0 saturated carbocycles. The summed E-state index contributed by atoms with van der Waals surface area (Å²) in [5.41, 5.74) is 0.136. The molecule has 20 heavy (non-hydrogen) atoms. The zero-order chi connectivity index (χ0) is 15.2. The molecule has 0 spiro atoms. The van der Waals surface area contributed by atoms with Crippen molar-refractivity contribution in [2.75, 3.05) is 19.6 Å². The summed E-state index contributed by atoms with van der Waals surface area (Å²) in [6, 6.07) is 0.457. The molecule has 4 nitrogen and oxygen atoms in total. The van der Waals surface area contributed by atoms with Crippen LogP contribution >= 0.6 is 0 Å². The van der Waals surface area contributed by atoms with Gasteiger partial charge in [-0.1, -0.05) is 13.3 Å². The Kier molecular flexibility index (Phi) is 6.96. The monoisotopic (exact) mass is 283 g/mol. The van der Waals surface area contributed by atoms with Gasteiger partial charge in [0.05, 0.1) is 6.04 Å². The van der Waals surface area contributed by atoms with Gasteiger partial charge in [-0.15, -0.1) is 0 Å². The molecule has 1 aliphatic heterocycles. The van der Waals surface area contributed by atoms with E-state index in [0.717, 1.165) is 26.1 Å². The second-order valence-electron chi connectivity index (χ2n) is 6.99. The molecule has 1 heterocycles.